The SMILES string of the molecule is CNCc1ccc(Br)c(S(=O)(=O)NC(C)C2CCC2)c1. The van der Waals surface area contributed by atoms with Crippen molar-refractivity contribution in [1.82, 2.24) is 10.0 Å². The zero-order chi connectivity index (χ0) is 14.8. The summed E-state index contributed by atoms with van der Waals surface area (Å²) in [6.07, 6.45) is 3.44. The second kappa shape index (κ2) is 6.56. The molecule has 0 aromatic heterocycles. The highest BCUT2D eigenvalue weighted by Gasteiger charge is 2.28. The first kappa shape index (κ1) is 15.9. The van der Waals surface area contributed by atoms with E-state index >= 15 is 0 Å². The second-order valence-electron chi connectivity index (χ2n) is 5.40. The Bertz CT molecular complexity index is 571. The van der Waals surface area contributed by atoms with Crippen molar-refractivity contribution in [2.24, 2.45) is 5.92 Å². The van der Waals surface area contributed by atoms with Crippen LogP contribution in [0.1, 0.15) is 31.7 Å². The van der Waals surface area contributed by atoms with Crippen LogP contribution in [0.4, 0.5) is 0 Å². The van der Waals surface area contributed by atoms with E-state index in [0.29, 0.717) is 21.8 Å². The van der Waals surface area contributed by atoms with Crippen LogP contribution in [0.2, 0.25) is 0 Å². The molecule has 1 atom stereocenters. The van der Waals surface area contributed by atoms with Gasteiger partial charge in [-0.25, -0.2) is 13.1 Å². The van der Waals surface area contributed by atoms with E-state index in [-0.39, 0.29) is 6.04 Å². The van der Waals surface area contributed by atoms with E-state index in [0.717, 1.165) is 18.4 Å². The van der Waals surface area contributed by atoms with Crippen molar-refractivity contribution in [3.63, 3.8) is 0 Å². The van der Waals surface area contributed by atoms with Gasteiger partial charge in [0.2, 0.25) is 10.0 Å². The average molecular weight is 361 g/mol. The Labute approximate surface area is 129 Å². The Morgan fingerprint density at radius 2 is 2.10 bits per heavy atom. The van der Waals surface area contributed by atoms with Gasteiger partial charge in [0.1, 0.15) is 0 Å². The smallest absolute Gasteiger partial charge is 0.241 e. The maximum Gasteiger partial charge on any atom is 0.241 e. The van der Waals surface area contributed by atoms with Crippen LogP contribution >= 0.6 is 15.9 Å². The maximum atomic E-state index is 12.5. The molecular weight excluding hydrogens is 340 g/mol. The molecule has 20 heavy (non-hydrogen) atoms. The summed E-state index contributed by atoms with van der Waals surface area (Å²) in [6, 6.07) is 5.41. The molecule has 0 amide bonds. The summed E-state index contributed by atoms with van der Waals surface area (Å²) in [5.74, 6) is 0.476. The van der Waals surface area contributed by atoms with Gasteiger partial charge in [0, 0.05) is 17.1 Å². The van der Waals surface area contributed by atoms with Gasteiger partial charge >= 0.3 is 0 Å². The molecule has 112 valence electrons. The van der Waals surface area contributed by atoms with Crippen molar-refractivity contribution in [3.8, 4) is 0 Å². The summed E-state index contributed by atoms with van der Waals surface area (Å²) >= 11 is 3.34. The van der Waals surface area contributed by atoms with E-state index in [9.17, 15) is 8.42 Å². The summed E-state index contributed by atoms with van der Waals surface area (Å²) in [5.41, 5.74) is 0.951. The average Bonchev–Trinajstić information content (AvgIpc) is 2.28. The minimum Gasteiger partial charge on any atom is -0.316 e. The van der Waals surface area contributed by atoms with E-state index < -0.39 is 10.0 Å². The van der Waals surface area contributed by atoms with Crippen LogP contribution in [-0.2, 0) is 16.6 Å². The largest absolute Gasteiger partial charge is 0.316 e. The molecule has 0 bridgehead atoms. The number of hydrogen-bond donors (Lipinski definition) is 2. The fourth-order valence-corrected chi connectivity index (χ4v) is 4.74. The van der Waals surface area contributed by atoms with E-state index in [1.807, 2.05) is 20.0 Å². The highest BCUT2D eigenvalue weighted by molar-refractivity contribution is 9.10. The first-order valence-corrected chi connectivity index (χ1v) is 9.17. The number of hydrogen-bond acceptors (Lipinski definition) is 3. The molecule has 2 rings (SSSR count). The van der Waals surface area contributed by atoms with Crippen LogP contribution in [0.3, 0.4) is 0 Å². The molecular formula is C14H21BrN2O2S. The third-order valence-electron chi connectivity index (χ3n) is 3.86. The molecule has 1 fully saturated rings. The Hall–Kier alpha value is -0.430. The Morgan fingerprint density at radius 3 is 2.65 bits per heavy atom. The summed E-state index contributed by atoms with van der Waals surface area (Å²) in [4.78, 5) is 0.316. The monoisotopic (exact) mass is 360 g/mol. The van der Waals surface area contributed by atoms with Crippen LogP contribution < -0.4 is 10.0 Å². The fourth-order valence-electron chi connectivity index (χ4n) is 2.41. The quantitative estimate of drug-likeness (QED) is 0.819. The minimum atomic E-state index is -3.48. The van der Waals surface area contributed by atoms with Crippen molar-refractivity contribution < 1.29 is 8.42 Å². The molecule has 1 unspecified atom stereocenters. The molecule has 1 aromatic rings. The van der Waals surface area contributed by atoms with E-state index in [1.165, 1.54) is 6.42 Å². The maximum absolute atomic E-state index is 12.5. The molecule has 2 N–H and O–H groups in total. The molecule has 6 heteroatoms. The molecule has 0 aliphatic heterocycles. The number of sulfonamides is 1. The predicted molar refractivity (Wildman–Crippen MR) is 84.0 cm³/mol. The Kier molecular flexibility index (Phi) is 5.23. The van der Waals surface area contributed by atoms with Crippen molar-refractivity contribution in [3.05, 3.63) is 28.2 Å². The minimum absolute atomic E-state index is 0.00592. The third-order valence-corrected chi connectivity index (χ3v) is 6.42. The number of halogens is 1. The standard InChI is InChI=1S/C14H21BrN2O2S/c1-10(12-4-3-5-12)17-20(18,19)14-8-11(9-16-2)6-7-13(14)15/h6-8,10,12,16-17H,3-5,9H2,1-2H3. The van der Waals surface area contributed by atoms with Crippen LogP contribution in [0.25, 0.3) is 0 Å². The number of benzene rings is 1. The van der Waals surface area contributed by atoms with Crippen molar-refractivity contribution >= 4 is 26.0 Å². The molecule has 1 aliphatic rings. The fraction of sp³-hybridized carbons (Fsp3) is 0.571. The predicted octanol–water partition coefficient (Wildman–Crippen LogP) is 2.64. The highest BCUT2D eigenvalue weighted by atomic mass is 79.9. The lowest BCUT2D eigenvalue weighted by molar-refractivity contribution is 0.260. The highest BCUT2D eigenvalue weighted by Crippen LogP contribution is 2.31. The molecule has 1 aromatic carbocycles. The molecule has 4 nitrogen and oxygen atoms in total. The van der Waals surface area contributed by atoms with Crippen LogP contribution in [0.15, 0.2) is 27.6 Å². The summed E-state index contributed by atoms with van der Waals surface area (Å²) < 4.78 is 28.4. The molecule has 0 saturated heterocycles. The van der Waals surface area contributed by atoms with Crippen LogP contribution in [-0.4, -0.2) is 21.5 Å². The summed E-state index contributed by atoms with van der Waals surface area (Å²) in [5, 5.41) is 3.03. The number of nitrogens with one attached hydrogen (secondary N) is 2. The van der Waals surface area contributed by atoms with Gasteiger partial charge in [-0.15, -0.1) is 0 Å². The first-order chi connectivity index (χ1) is 9.44. The normalized spacial score (nSPS) is 17.8. The lowest BCUT2D eigenvalue weighted by Gasteiger charge is -2.31. The first-order valence-electron chi connectivity index (χ1n) is 6.89. The Balaban J connectivity index is 2.21. The van der Waals surface area contributed by atoms with Crippen molar-refractivity contribution in [1.29, 1.82) is 0 Å². The van der Waals surface area contributed by atoms with Gasteiger partial charge in [0.25, 0.3) is 0 Å². The van der Waals surface area contributed by atoms with Crippen LogP contribution in [0.5, 0.6) is 0 Å². The lowest BCUT2D eigenvalue weighted by atomic mass is 9.81. The molecule has 1 aliphatic carbocycles. The van der Waals surface area contributed by atoms with Gasteiger partial charge < -0.3 is 5.32 Å². The van der Waals surface area contributed by atoms with Gasteiger partial charge in [-0.3, -0.25) is 0 Å². The van der Waals surface area contributed by atoms with Gasteiger partial charge in [-0.1, -0.05) is 12.5 Å². The van der Waals surface area contributed by atoms with E-state index in [2.05, 4.69) is 26.0 Å². The van der Waals surface area contributed by atoms with Crippen molar-refractivity contribution in [2.45, 2.75) is 43.7 Å². The summed E-state index contributed by atoms with van der Waals surface area (Å²) in [6.45, 7) is 2.60. The van der Waals surface area contributed by atoms with Gasteiger partial charge in [-0.2, -0.15) is 0 Å². The van der Waals surface area contributed by atoms with Crippen LogP contribution in [0, 0.1) is 5.92 Å². The van der Waals surface area contributed by atoms with Gasteiger partial charge in [-0.05, 0) is 66.4 Å². The topological polar surface area (TPSA) is 58.2 Å². The Morgan fingerprint density at radius 1 is 1.40 bits per heavy atom. The molecule has 0 spiro atoms. The lowest BCUT2D eigenvalue weighted by Crippen LogP contribution is -2.40. The molecule has 0 heterocycles. The zero-order valence-electron chi connectivity index (χ0n) is 11.8. The van der Waals surface area contributed by atoms with Gasteiger partial charge in [0.15, 0.2) is 0 Å². The molecule has 1 saturated carbocycles. The van der Waals surface area contributed by atoms with Gasteiger partial charge in [0.05, 0.1) is 4.90 Å². The summed E-state index contributed by atoms with van der Waals surface area (Å²) in [7, 11) is -1.64. The second-order valence-corrected chi connectivity index (χ2v) is 7.93. The zero-order valence-corrected chi connectivity index (χ0v) is 14.2. The number of rotatable bonds is 6. The third kappa shape index (κ3) is 3.61. The van der Waals surface area contributed by atoms with E-state index in [1.54, 1.807) is 12.1 Å². The molecule has 0 radical (unpaired) electrons. The van der Waals surface area contributed by atoms with Crippen molar-refractivity contribution in [2.75, 3.05) is 7.05 Å². The van der Waals surface area contributed by atoms with E-state index in [4.69, 9.17) is 0 Å².